The Morgan fingerprint density at radius 2 is 1.83 bits per heavy atom. The van der Waals surface area contributed by atoms with Crippen LogP contribution in [0.15, 0.2) is 24.5 Å². The Morgan fingerprint density at radius 3 is 2.43 bits per heavy atom. The topological polar surface area (TPSA) is 59.3 Å². The molecule has 0 saturated heterocycles. The molecule has 0 aliphatic heterocycles. The van der Waals surface area contributed by atoms with Gasteiger partial charge in [-0.25, -0.2) is 27.1 Å². The van der Waals surface area contributed by atoms with E-state index in [2.05, 4.69) is 10.1 Å². The molecule has 118 valence electrons. The smallest absolute Gasteiger partial charge is 0.277 e. The summed E-state index contributed by atoms with van der Waals surface area (Å²) in [6.45, 7) is 0. The number of carbonyl (C=O) groups is 1. The summed E-state index contributed by atoms with van der Waals surface area (Å²) in [7, 11) is 0. The van der Waals surface area contributed by atoms with Crippen molar-refractivity contribution in [1.29, 1.82) is 0 Å². The lowest BCUT2D eigenvalue weighted by molar-refractivity contribution is 0.102. The number of carbonyl (C=O) groups excluding carboxylic acids is 1. The molecule has 1 amide bonds. The van der Waals surface area contributed by atoms with Crippen LogP contribution in [0.4, 0.5) is 23.2 Å². The second-order valence-electron chi connectivity index (χ2n) is 4.35. The minimum Gasteiger partial charge on any atom is -0.315 e. The zero-order chi connectivity index (χ0) is 16.7. The number of anilines is 1. The van der Waals surface area contributed by atoms with Crippen molar-refractivity contribution >= 4 is 28.8 Å². The fourth-order valence-corrected chi connectivity index (χ4v) is 2.12. The highest BCUT2D eigenvalue weighted by Crippen LogP contribution is 2.26. The van der Waals surface area contributed by atoms with E-state index in [1.165, 1.54) is 18.5 Å². The summed E-state index contributed by atoms with van der Waals surface area (Å²) in [6, 6.07) is 1.54. The SMILES string of the molecule is O=C(Nc1c(F)c(F)cc(F)c1F)c1nn2cccnc2c1Cl. The number of nitrogens with one attached hydrogen (secondary N) is 1. The van der Waals surface area contributed by atoms with Crippen molar-refractivity contribution in [2.24, 2.45) is 0 Å². The number of nitrogens with zero attached hydrogens (tertiary/aromatic N) is 3. The molecule has 1 N–H and O–H groups in total. The van der Waals surface area contributed by atoms with Gasteiger partial charge in [0.25, 0.3) is 5.91 Å². The molecule has 1 aromatic carbocycles. The van der Waals surface area contributed by atoms with Crippen LogP contribution in [0.3, 0.4) is 0 Å². The summed E-state index contributed by atoms with van der Waals surface area (Å²) in [5.41, 5.74) is -1.55. The summed E-state index contributed by atoms with van der Waals surface area (Å²) in [6.07, 6.45) is 2.83. The number of aromatic nitrogens is 3. The van der Waals surface area contributed by atoms with Crippen molar-refractivity contribution < 1.29 is 22.4 Å². The fourth-order valence-electron chi connectivity index (χ4n) is 1.86. The summed E-state index contributed by atoms with van der Waals surface area (Å²) >= 11 is 5.92. The lowest BCUT2D eigenvalue weighted by Crippen LogP contribution is -2.16. The zero-order valence-electron chi connectivity index (χ0n) is 10.9. The molecule has 0 spiro atoms. The van der Waals surface area contributed by atoms with Gasteiger partial charge >= 0.3 is 0 Å². The van der Waals surface area contributed by atoms with Crippen LogP contribution in [0.2, 0.25) is 5.02 Å². The molecule has 23 heavy (non-hydrogen) atoms. The standard InChI is InChI=1S/C13H5ClF4N4O/c14-7-10(21-22-3-1-2-19-12(7)22)13(23)20-11-8(17)5(15)4-6(16)9(11)18/h1-4H,(H,20,23). The van der Waals surface area contributed by atoms with Crippen molar-refractivity contribution in [3.63, 3.8) is 0 Å². The van der Waals surface area contributed by atoms with Crippen LogP contribution in [-0.2, 0) is 0 Å². The maximum Gasteiger partial charge on any atom is 0.277 e. The molecule has 2 heterocycles. The van der Waals surface area contributed by atoms with Gasteiger partial charge in [-0.2, -0.15) is 5.10 Å². The molecular weight excluding hydrogens is 340 g/mol. The third-order valence-corrected chi connectivity index (χ3v) is 3.25. The third-order valence-electron chi connectivity index (χ3n) is 2.90. The van der Waals surface area contributed by atoms with Gasteiger partial charge in [-0.15, -0.1) is 0 Å². The van der Waals surface area contributed by atoms with E-state index in [1.54, 1.807) is 5.32 Å². The highest BCUT2D eigenvalue weighted by Gasteiger charge is 2.24. The normalized spacial score (nSPS) is 11.0. The first-order chi connectivity index (χ1) is 10.9. The maximum absolute atomic E-state index is 13.6. The van der Waals surface area contributed by atoms with Crippen LogP contribution in [0, 0.1) is 23.3 Å². The monoisotopic (exact) mass is 344 g/mol. The highest BCUT2D eigenvalue weighted by atomic mass is 35.5. The fraction of sp³-hybridized carbons (Fsp3) is 0. The number of rotatable bonds is 2. The lowest BCUT2D eigenvalue weighted by atomic mass is 10.2. The first-order valence-corrected chi connectivity index (χ1v) is 6.41. The van der Waals surface area contributed by atoms with Gasteiger partial charge < -0.3 is 5.32 Å². The van der Waals surface area contributed by atoms with Crippen LogP contribution in [0.25, 0.3) is 5.65 Å². The second-order valence-corrected chi connectivity index (χ2v) is 4.73. The average molecular weight is 345 g/mol. The lowest BCUT2D eigenvalue weighted by Gasteiger charge is -2.07. The minimum absolute atomic E-state index is 0.0299. The molecule has 0 bridgehead atoms. The Labute approximate surface area is 130 Å². The van der Waals surface area contributed by atoms with E-state index in [9.17, 15) is 22.4 Å². The van der Waals surface area contributed by atoms with E-state index >= 15 is 0 Å². The molecule has 0 radical (unpaired) electrons. The van der Waals surface area contributed by atoms with Gasteiger partial charge in [-0.3, -0.25) is 4.79 Å². The Hall–Kier alpha value is -2.68. The van der Waals surface area contributed by atoms with Gasteiger partial charge in [0.15, 0.2) is 34.6 Å². The van der Waals surface area contributed by atoms with Gasteiger partial charge in [-0.1, -0.05) is 11.6 Å². The van der Waals surface area contributed by atoms with E-state index in [0.717, 1.165) is 4.52 Å². The van der Waals surface area contributed by atoms with Crippen molar-refractivity contribution in [3.05, 3.63) is 58.5 Å². The molecule has 3 rings (SSSR count). The van der Waals surface area contributed by atoms with Gasteiger partial charge in [0.2, 0.25) is 0 Å². The summed E-state index contributed by atoms with van der Waals surface area (Å²) in [5, 5.41) is 5.33. The van der Waals surface area contributed by atoms with Crippen molar-refractivity contribution in [1.82, 2.24) is 14.6 Å². The van der Waals surface area contributed by atoms with E-state index in [-0.39, 0.29) is 16.7 Å². The van der Waals surface area contributed by atoms with E-state index in [0.29, 0.717) is 0 Å². The summed E-state index contributed by atoms with van der Waals surface area (Å²) in [4.78, 5) is 15.9. The molecule has 0 unspecified atom stereocenters. The number of benzene rings is 1. The van der Waals surface area contributed by atoms with E-state index < -0.39 is 40.6 Å². The molecule has 0 atom stereocenters. The van der Waals surface area contributed by atoms with E-state index in [1.807, 2.05) is 0 Å². The van der Waals surface area contributed by atoms with Crippen LogP contribution < -0.4 is 5.32 Å². The molecule has 0 saturated carbocycles. The molecule has 5 nitrogen and oxygen atoms in total. The van der Waals surface area contributed by atoms with Gasteiger partial charge in [0, 0.05) is 18.5 Å². The molecule has 0 fully saturated rings. The van der Waals surface area contributed by atoms with Crippen molar-refractivity contribution in [2.45, 2.75) is 0 Å². The Kier molecular flexibility index (Phi) is 3.64. The van der Waals surface area contributed by atoms with Crippen molar-refractivity contribution in [3.8, 4) is 0 Å². The quantitative estimate of drug-likeness (QED) is 0.574. The predicted octanol–water partition coefficient (Wildman–Crippen LogP) is 3.19. The predicted molar refractivity (Wildman–Crippen MR) is 72.2 cm³/mol. The molecule has 3 aromatic rings. The minimum atomic E-state index is -1.74. The molecule has 2 aromatic heterocycles. The molecule has 0 aliphatic carbocycles. The van der Waals surface area contributed by atoms with Gasteiger partial charge in [0.1, 0.15) is 10.7 Å². The van der Waals surface area contributed by atoms with Crippen LogP contribution >= 0.6 is 11.6 Å². The number of hydrogen-bond acceptors (Lipinski definition) is 3. The third kappa shape index (κ3) is 2.48. The van der Waals surface area contributed by atoms with Crippen molar-refractivity contribution in [2.75, 3.05) is 5.32 Å². The maximum atomic E-state index is 13.6. The Bertz CT molecular complexity index is 917. The number of fused-ring (bicyclic) bond motifs is 1. The number of halogens is 5. The second kappa shape index (κ2) is 5.51. The first kappa shape index (κ1) is 15.2. The van der Waals surface area contributed by atoms with Crippen LogP contribution in [0.1, 0.15) is 10.5 Å². The van der Waals surface area contributed by atoms with E-state index in [4.69, 9.17) is 11.6 Å². The first-order valence-electron chi connectivity index (χ1n) is 6.03. The Morgan fingerprint density at radius 1 is 1.17 bits per heavy atom. The van der Waals surface area contributed by atoms with Gasteiger partial charge in [-0.05, 0) is 6.07 Å². The Balaban J connectivity index is 2.03. The molecule has 10 heteroatoms. The van der Waals surface area contributed by atoms with Crippen LogP contribution in [0.5, 0.6) is 0 Å². The number of amides is 1. The highest BCUT2D eigenvalue weighted by molar-refractivity contribution is 6.37. The molecular formula is C13H5ClF4N4O. The van der Waals surface area contributed by atoms with Crippen LogP contribution in [-0.4, -0.2) is 20.5 Å². The average Bonchev–Trinajstić information content (AvgIpc) is 2.87. The molecule has 0 aliphatic rings. The zero-order valence-corrected chi connectivity index (χ0v) is 11.7. The largest absolute Gasteiger partial charge is 0.315 e. The number of hydrogen-bond donors (Lipinski definition) is 1. The van der Waals surface area contributed by atoms with Gasteiger partial charge in [0.05, 0.1) is 0 Å². The summed E-state index contributed by atoms with van der Waals surface area (Å²) < 4.78 is 54.5. The summed E-state index contributed by atoms with van der Waals surface area (Å²) in [5.74, 6) is -7.93.